The molecular formula is C19H23ClN2O. The summed E-state index contributed by atoms with van der Waals surface area (Å²) >= 11 is 5.96. The molecule has 0 saturated heterocycles. The van der Waals surface area contributed by atoms with Gasteiger partial charge in [0.15, 0.2) is 0 Å². The van der Waals surface area contributed by atoms with Gasteiger partial charge in [-0.25, -0.2) is 0 Å². The number of hydrogen-bond donors (Lipinski definition) is 1. The third-order valence-corrected chi connectivity index (χ3v) is 4.01. The molecule has 23 heavy (non-hydrogen) atoms. The average molecular weight is 331 g/mol. The molecule has 1 unspecified atom stereocenters. The summed E-state index contributed by atoms with van der Waals surface area (Å²) in [6.45, 7) is 2.90. The molecule has 0 aliphatic carbocycles. The Morgan fingerprint density at radius 3 is 2.26 bits per heavy atom. The summed E-state index contributed by atoms with van der Waals surface area (Å²) < 4.78 is 0. The maximum Gasteiger partial charge on any atom is 0.251 e. The highest BCUT2D eigenvalue weighted by Crippen LogP contribution is 2.20. The number of carbonyl (C=O) groups excluding carboxylic acids is 1. The number of amides is 1. The Morgan fingerprint density at radius 1 is 1.09 bits per heavy atom. The zero-order chi connectivity index (χ0) is 16.8. The Hall–Kier alpha value is -1.84. The van der Waals surface area contributed by atoms with Crippen molar-refractivity contribution in [1.82, 2.24) is 10.2 Å². The number of carbonyl (C=O) groups is 1. The zero-order valence-electron chi connectivity index (χ0n) is 13.8. The fourth-order valence-corrected chi connectivity index (χ4v) is 2.48. The summed E-state index contributed by atoms with van der Waals surface area (Å²) in [5.41, 5.74) is 2.89. The lowest BCUT2D eigenvalue weighted by molar-refractivity contribution is 0.0932. The predicted molar refractivity (Wildman–Crippen MR) is 96.0 cm³/mol. The van der Waals surface area contributed by atoms with Gasteiger partial charge < -0.3 is 10.2 Å². The van der Waals surface area contributed by atoms with Crippen molar-refractivity contribution in [2.75, 3.05) is 20.6 Å². The van der Waals surface area contributed by atoms with E-state index in [1.807, 2.05) is 69.6 Å². The molecule has 0 heterocycles. The first-order valence-electron chi connectivity index (χ1n) is 7.73. The molecule has 2 rings (SSSR count). The van der Waals surface area contributed by atoms with Crippen LogP contribution < -0.4 is 5.32 Å². The van der Waals surface area contributed by atoms with Crippen LogP contribution in [0.25, 0.3) is 0 Å². The van der Waals surface area contributed by atoms with Crippen molar-refractivity contribution >= 4 is 17.5 Å². The fourth-order valence-electron chi connectivity index (χ4n) is 2.35. The maximum atomic E-state index is 12.5. The molecule has 4 heteroatoms. The molecule has 1 atom stereocenters. The Kier molecular flexibility index (Phi) is 6.20. The average Bonchev–Trinajstić information content (AvgIpc) is 2.52. The van der Waals surface area contributed by atoms with Crippen LogP contribution >= 0.6 is 11.6 Å². The molecule has 2 aromatic carbocycles. The van der Waals surface area contributed by atoms with E-state index < -0.39 is 0 Å². The molecule has 0 radical (unpaired) electrons. The van der Waals surface area contributed by atoms with Crippen LogP contribution in [0.5, 0.6) is 0 Å². The molecule has 122 valence electrons. The normalized spacial score (nSPS) is 12.2. The largest absolute Gasteiger partial charge is 0.345 e. The zero-order valence-corrected chi connectivity index (χ0v) is 14.6. The summed E-state index contributed by atoms with van der Waals surface area (Å²) in [4.78, 5) is 14.6. The van der Waals surface area contributed by atoms with Crippen LogP contribution in [0.2, 0.25) is 5.02 Å². The third kappa shape index (κ3) is 5.38. The number of rotatable bonds is 6. The van der Waals surface area contributed by atoms with Crippen LogP contribution in [0.15, 0.2) is 48.5 Å². The summed E-state index contributed by atoms with van der Waals surface area (Å²) in [6.07, 6.45) is 0.840. The molecule has 1 N–H and O–H groups in total. The number of hydrogen-bond acceptors (Lipinski definition) is 2. The van der Waals surface area contributed by atoms with E-state index in [4.69, 9.17) is 11.6 Å². The van der Waals surface area contributed by atoms with Gasteiger partial charge in [-0.15, -0.1) is 0 Å². The van der Waals surface area contributed by atoms with E-state index in [1.165, 1.54) is 0 Å². The Morgan fingerprint density at radius 2 is 1.70 bits per heavy atom. The number of benzene rings is 2. The van der Waals surface area contributed by atoms with Gasteiger partial charge in [-0.1, -0.05) is 41.4 Å². The number of halogens is 1. The lowest BCUT2D eigenvalue weighted by atomic mass is 10.0. The van der Waals surface area contributed by atoms with Crippen LogP contribution in [0.1, 0.15) is 33.9 Å². The quantitative estimate of drug-likeness (QED) is 0.865. The third-order valence-electron chi connectivity index (χ3n) is 3.76. The first-order valence-corrected chi connectivity index (χ1v) is 8.11. The molecule has 0 spiro atoms. The number of nitrogens with one attached hydrogen (secondary N) is 1. The van der Waals surface area contributed by atoms with Crippen LogP contribution in [0, 0.1) is 6.92 Å². The van der Waals surface area contributed by atoms with Gasteiger partial charge in [0.1, 0.15) is 0 Å². The second kappa shape index (κ2) is 8.14. The van der Waals surface area contributed by atoms with E-state index in [0.29, 0.717) is 10.6 Å². The summed E-state index contributed by atoms with van der Waals surface area (Å²) in [5, 5.41) is 3.83. The minimum Gasteiger partial charge on any atom is -0.345 e. The van der Waals surface area contributed by atoms with Gasteiger partial charge in [0.05, 0.1) is 6.04 Å². The lowest BCUT2D eigenvalue weighted by Gasteiger charge is -2.21. The van der Waals surface area contributed by atoms with Crippen molar-refractivity contribution in [1.29, 1.82) is 0 Å². The van der Waals surface area contributed by atoms with E-state index in [0.717, 1.165) is 24.1 Å². The Labute approximate surface area is 143 Å². The molecule has 3 nitrogen and oxygen atoms in total. The maximum absolute atomic E-state index is 12.5. The molecule has 0 fully saturated rings. The van der Waals surface area contributed by atoms with E-state index in [-0.39, 0.29) is 11.9 Å². The summed E-state index contributed by atoms with van der Waals surface area (Å²) in [5.74, 6) is -0.0521. The molecule has 0 aliphatic rings. The minimum absolute atomic E-state index is 0.0385. The van der Waals surface area contributed by atoms with Gasteiger partial charge in [-0.05, 0) is 63.8 Å². The summed E-state index contributed by atoms with van der Waals surface area (Å²) in [6, 6.07) is 15.2. The monoisotopic (exact) mass is 330 g/mol. The second-order valence-corrected chi connectivity index (χ2v) is 6.47. The van der Waals surface area contributed by atoms with Crippen molar-refractivity contribution in [3.8, 4) is 0 Å². The Bertz CT molecular complexity index is 635. The van der Waals surface area contributed by atoms with E-state index in [9.17, 15) is 4.79 Å². The first-order chi connectivity index (χ1) is 11.0. The van der Waals surface area contributed by atoms with Gasteiger partial charge in [0, 0.05) is 10.6 Å². The fraction of sp³-hybridized carbons (Fsp3) is 0.316. The van der Waals surface area contributed by atoms with Crippen molar-refractivity contribution < 1.29 is 4.79 Å². The van der Waals surface area contributed by atoms with Crippen molar-refractivity contribution in [2.45, 2.75) is 19.4 Å². The lowest BCUT2D eigenvalue weighted by Crippen LogP contribution is -2.31. The second-order valence-electron chi connectivity index (χ2n) is 6.04. The Balaban J connectivity index is 2.14. The SMILES string of the molecule is Cc1ccc(C(=O)NC(CCN(C)C)c2ccc(Cl)cc2)cc1. The summed E-state index contributed by atoms with van der Waals surface area (Å²) in [7, 11) is 4.06. The minimum atomic E-state index is -0.0521. The van der Waals surface area contributed by atoms with Crippen molar-refractivity contribution in [3.63, 3.8) is 0 Å². The van der Waals surface area contributed by atoms with Crippen LogP contribution in [0.3, 0.4) is 0 Å². The highest BCUT2D eigenvalue weighted by atomic mass is 35.5. The predicted octanol–water partition coefficient (Wildman–Crippen LogP) is 4.07. The van der Waals surface area contributed by atoms with Crippen molar-refractivity contribution in [3.05, 3.63) is 70.2 Å². The molecule has 0 aliphatic heterocycles. The standard InChI is InChI=1S/C19H23ClN2O/c1-14-4-6-16(7-5-14)19(23)21-18(12-13-22(2)3)15-8-10-17(20)11-9-15/h4-11,18H,12-13H2,1-3H3,(H,21,23). The first kappa shape index (κ1) is 17.5. The van der Waals surface area contributed by atoms with Gasteiger partial charge >= 0.3 is 0 Å². The highest BCUT2D eigenvalue weighted by molar-refractivity contribution is 6.30. The van der Waals surface area contributed by atoms with Gasteiger partial charge in [-0.3, -0.25) is 4.79 Å². The number of aryl methyl sites for hydroxylation is 1. The van der Waals surface area contributed by atoms with Crippen LogP contribution in [0.4, 0.5) is 0 Å². The molecule has 2 aromatic rings. The molecular weight excluding hydrogens is 308 g/mol. The molecule has 1 amide bonds. The van der Waals surface area contributed by atoms with E-state index >= 15 is 0 Å². The molecule has 0 saturated carbocycles. The van der Waals surface area contributed by atoms with Gasteiger partial charge in [0.25, 0.3) is 5.91 Å². The smallest absolute Gasteiger partial charge is 0.251 e. The van der Waals surface area contributed by atoms with Crippen LogP contribution in [-0.2, 0) is 0 Å². The van der Waals surface area contributed by atoms with E-state index in [2.05, 4.69) is 10.2 Å². The number of nitrogens with zero attached hydrogens (tertiary/aromatic N) is 1. The van der Waals surface area contributed by atoms with Gasteiger partial charge in [-0.2, -0.15) is 0 Å². The molecule has 0 aromatic heterocycles. The topological polar surface area (TPSA) is 32.3 Å². The highest BCUT2D eigenvalue weighted by Gasteiger charge is 2.16. The molecule has 0 bridgehead atoms. The van der Waals surface area contributed by atoms with Crippen molar-refractivity contribution in [2.24, 2.45) is 0 Å². The van der Waals surface area contributed by atoms with Crippen LogP contribution in [-0.4, -0.2) is 31.4 Å². The van der Waals surface area contributed by atoms with E-state index in [1.54, 1.807) is 0 Å². The van der Waals surface area contributed by atoms with Gasteiger partial charge in [0.2, 0.25) is 0 Å².